The van der Waals surface area contributed by atoms with E-state index < -0.39 is 11.9 Å². The second kappa shape index (κ2) is 9.36. The SMILES string of the molecule is CCN(CC)C(=O)c1sc(NC(=O)c2ccccc2OC)c(C(=O)OC)c1C. The molecule has 1 heterocycles. The van der Waals surface area contributed by atoms with E-state index in [1.165, 1.54) is 14.2 Å². The zero-order valence-corrected chi connectivity index (χ0v) is 17.4. The molecule has 2 aromatic rings. The Balaban J connectivity index is 2.48. The molecule has 0 unspecified atom stereocenters. The molecule has 1 aromatic carbocycles. The van der Waals surface area contributed by atoms with Crippen LogP contribution in [0.3, 0.4) is 0 Å². The number of rotatable bonds is 7. The summed E-state index contributed by atoms with van der Waals surface area (Å²) in [6.07, 6.45) is 0. The van der Waals surface area contributed by atoms with Crippen molar-refractivity contribution in [3.63, 3.8) is 0 Å². The molecule has 0 aliphatic heterocycles. The van der Waals surface area contributed by atoms with Crippen molar-refractivity contribution in [3.8, 4) is 5.75 Å². The van der Waals surface area contributed by atoms with Crippen LogP contribution < -0.4 is 10.1 Å². The Hall–Kier alpha value is -2.87. The number of methoxy groups -OCH3 is 2. The molecular weight excluding hydrogens is 380 g/mol. The van der Waals surface area contributed by atoms with Crippen LogP contribution in [0.2, 0.25) is 0 Å². The highest BCUT2D eigenvalue weighted by atomic mass is 32.1. The second-order valence-electron chi connectivity index (χ2n) is 5.88. The average molecular weight is 404 g/mol. The van der Waals surface area contributed by atoms with Crippen molar-refractivity contribution < 1.29 is 23.9 Å². The predicted octanol–water partition coefficient (Wildman–Crippen LogP) is 3.59. The molecule has 1 aromatic heterocycles. The van der Waals surface area contributed by atoms with Gasteiger partial charge in [0, 0.05) is 13.1 Å². The third kappa shape index (κ3) is 4.17. The molecule has 0 atom stereocenters. The molecule has 0 spiro atoms. The summed E-state index contributed by atoms with van der Waals surface area (Å²) in [6, 6.07) is 6.76. The van der Waals surface area contributed by atoms with Crippen molar-refractivity contribution in [1.82, 2.24) is 4.90 Å². The van der Waals surface area contributed by atoms with Crippen LogP contribution >= 0.6 is 11.3 Å². The van der Waals surface area contributed by atoms with E-state index in [4.69, 9.17) is 9.47 Å². The number of para-hydroxylation sites is 1. The first-order chi connectivity index (χ1) is 13.4. The van der Waals surface area contributed by atoms with Gasteiger partial charge in [-0.15, -0.1) is 11.3 Å². The Bertz CT molecular complexity index is 887. The minimum atomic E-state index is -0.609. The number of esters is 1. The maximum atomic E-state index is 12.8. The normalized spacial score (nSPS) is 10.3. The predicted molar refractivity (Wildman–Crippen MR) is 109 cm³/mol. The number of amides is 2. The van der Waals surface area contributed by atoms with E-state index in [1.807, 2.05) is 13.8 Å². The monoisotopic (exact) mass is 404 g/mol. The maximum absolute atomic E-state index is 12.8. The Kier molecular flexibility index (Phi) is 7.17. The minimum Gasteiger partial charge on any atom is -0.496 e. The molecule has 7 nitrogen and oxygen atoms in total. The number of hydrogen-bond donors (Lipinski definition) is 1. The molecule has 8 heteroatoms. The molecule has 2 rings (SSSR count). The lowest BCUT2D eigenvalue weighted by atomic mass is 10.1. The van der Waals surface area contributed by atoms with Crippen molar-refractivity contribution in [2.75, 3.05) is 32.6 Å². The topological polar surface area (TPSA) is 84.9 Å². The zero-order chi connectivity index (χ0) is 20.8. The van der Waals surface area contributed by atoms with Crippen molar-refractivity contribution in [3.05, 3.63) is 45.8 Å². The molecule has 28 heavy (non-hydrogen) atoms. The van der Waals surface area contributed by atoms with Crippen LogP contribution in [0, 0.1) is 6.92 Å². The fourth-order valence-electron chi connectivity index (χ4n) is 2.81. The number of carbonyl (C=O) groups is 3. The van der Waals surface area contributed by atoms with Gasteiger partial charge in [-0.1, -0.05) is 12.1 Å². The Morgan fingerprint density at radius 1 is 1.11 bits per heavy atom. The fourth-order valence-corrected chi connectivity index (χ4v) is 3.97. The number of thiophene rings is 1. The van der Waals surface area contributed by atoms with Gasteiger partial charge in [-0.05, 0) is 38.5 Å². The summed E-state index contributed by atoms with van der Waals surface area (Å²) in [7, 11) is 2.74. The molecular formula is C20H24N2O5S. The highest BCUT2D eigenvalue weighted by molar-refractivity contribution is 7.18. The van der Waals surface area contributed by atoms with Crippen LogP contribution in [0.25, 0.3) is 0 Å². The average Bonchev–Trinajstić information content (AvgIpc) is 3.03. The number of ether oxygens (including phenoxy) is 2. The standard InChI is InChI=1S/C20H24N2O5S/c1-6-22(7-2)19(24)16-12(3)15(20(25)27-5)18(28-16)21-17(23)13-10-8-9-11-14(13)26-4/h8-11H,6-7H2,1-5H3,(H,21,23). The lowest BCUT2D eigenvalue weighted by Crippen LogP contribution is -2.30. The van der Waals surface area contributed by atoms with Gasteiger partial charge in [-0.2, -0.15) is 0 Å². The molecule has 0 bridgehead atoms. The number of hydrogen-bond acceptors (Lipinski definition) is 6. The van der Waals surface area contributed by atoms with E-state index in [0.29, 0.717) is 34.8 Å². The van der Waals surface area contributed by atoms with Gasteiger partial charge in [0.2, 0.25) is 0 Å². The lowest BCUT2D eigenvalue weighted by Gasteiger charge is -2.17. The van der Waals surface area contributed by atoms with Crippen LogP contribution in [0.15, 0.2) is 24.3 Å². The van der Waals surface area contributed by atoms with E-state index in [2.05, 4.69) is 5.32 Å². The molecule has 2 amide bonds. The van der Waals surface area contributed by atoms with Crippen molar-refractivity contribution in [2.45, 2.75) is 20.8 Å². The van der Waals surface area contributed by atoms with Crippen molar-refractivity contribution in [1.29, 1.82) is 0 Å². The number of carbonyl (C=O) groups excluding carboxylic acids is 3. The van der Waals surface area contributed by atoms with Gasteiger partial charge in [0.05, 0.1) is 30.2 Å². The van der Waals surface area contributed by atoms with Gasteiger partial charge >= 0.3 is 5.97 Å². The van der Waals surface area contributed by atoms with Gasteiger partial charge < -0.3 is 19.7 Å². The van der Waals surface area contributed by atoms with E-state index >= 15 is 0 Å². The number of nitrogens with one attached hydrogen (secondary N) is 1. The largest absolute Gasteiger partial charge is 0.496 e. The Morgan fingerprint density at radius 2 is 1.75 bits per heavy atom. The summed E-state index contributed by atoms with van der Waals surface area (Å²) in [5, 5.41) is 3.01. The molecule has 0 radical (unpaired) electrons. The molecule has 0 aliphatic carbocycles. The smallest absolute Gasteiger partial charge is 0.341 e. The molecule has 0 saturated carbocycles. The van der Waals surface area contributed by atoms with E-state index in [-0.39, 0.29) is 16.5 Å². The van der Waals surface area contributed by atoms with Gasteiger partial charge in [0.15, 0.2) is 0 Å². The van der Waals surface area contributed by atoms with Crippen LogP contribution in [0.4, 0.5) is 5.00 Å². The van der Waals surface area contributed by atoms with E-state index in [9.17, 15) is 14.4 Å². The third-order valence-electron chi connectivity index (χ3n) is 4.36. The van der Waals surface area contributed by atoms with E-state index in [0.717, 1.165) is 11.3 Å². The number of anilines is 1. The lowest BCUT2D eigenvalue weighted by molar-refractivity contribution is 0.0601. The Morgan fingerprint density at radius 3 is 2.32 bits per heavy atom. The van der Waals surface area contributed by atoms with E-state index in [1.54, 1.807) is 36.1 Å². The Labute approximate surface area is 168 Å². The summed E-state index contributed by atoms with van der Waals surface area (Å²) >= 11 is 1.07. The summed E-state index contributed by atoms with van der Waals surface area (Å²) < 4.78 is 10.1. The third-order valence-corrected chi connectivity index (χ3v) is 5.56. The molecule has 150 valence electrons. The zero-order valence-electron chi connectivity index (χ0n) is 16.6. The van der Waals surface area contributed by atoms with Crippen LogP contribution in [0.1, 0.15) is 49.8 Å². The van der Waals surface area contributed by atoms with Crippen LogP contribution in [-0.4, -0.2) is 50.0 Å². The van der Waals surface area contributed by atoms with Gasteiger partial charge in [0.1, 0.15) is 10.8 Å². The second-order valence-corrected chi connectivity index (χ2v) is 6.90. The van der Waals surface area contributed by atoms with Crippen LogP contribution in [0.5, 0.6) is 5.75 Å². The number of nitrogens with zero attached hydrogens (tertiary/aromatic N) is 1. The summed E-state index contributed by atoms with van der Waals surface area (Å²) in [5.74, 6) is -0.823. The van der Waals surface area contributed by atoms with Gasteiger partial charge in [-0.25, -0.2) is 4.79 Å². The fraction of sp³-hybridized carbons (Fsp3) is 0.350. The molecule has 0 aliphatic rings. The highest BCUT2D eigenvalue weighted by Gasteiger charge is 2.28. The maximum Gasteiger partial charge on any atom is 0.341 e. The summed E-state index contributed by atoms with van der Waals surface area (Å²) in [6.45, 7) is 6.54. The minimum absolute atomic E-state index is 0.185. The number of benzene rings is 1. The first kappa shape index (κ1) is 21.4. The van der Waals surface area contributed by atoms with Gasteiger partial charge in [0.25, 0.3) is 11.8 Å². The molecule has 1 N–H and O–H groups in total. The molecule has 0 fully saturated rings. The summed E-state index contributed by atoms with van der Waals surface area (Å²) in [5.41, 5.74) is 0.999. The molecule has 0 saturated heterocycles. The van der Waals surface area contributed by atoms with Crippen LogP contribution in [-0.2, 0) is 4.74 Å². The van der Waals surface area contributed by atoms with Crippen molar-refractivity contribution >= 4 is 34.1 Å². The highest BCUT2D eigenvalue weighted by Crippen LogP contribution is 2.35. The first-order valence-corrected chi connectivity index (χ1v) is 9.66. The summed E-state index contributed by atoms with van der Waals surface area (Å²) in [4.78, 5) is 40.0. The first-order valence-electron chi connectivity index (χ1n) is 8.84. The quantitative estimate of drug-likeness (QED) is 0.713. The van der Waals surface area contributed by atoms with Crippen molar-refractivity contribution in [2.24, 2.45) is 0 Å². The van der Waals surface area contributed by atoms with Gasteiger partial charge in [-0.3, -0.25) is 9.59 Å².